The fourth-order valence-corrected chi connectivity index (χ4v) is 3.37. The smallest absolute Gasteiger partial charge is 0.368 e. The number of aromatic nitrogens is 4. The van der Waals surface area contributed by atoms with Gasteiger partial charge in [0.15, 0.2) is 0 Å². The van der Waals surface area contributed by atoms with Gasteiger partial charge in [0.05, 0.1) is 5.69 Å². The Labute approximate surface area is 175 Å². The van der Waals surface area contributed by atoms with Crippen LogP contribution in [0.3, 0.4) is 0 Å². The first-order valence-corrected chi connectivity index (χ1v) is 9.82. The van der Waals surface area contributed by atoms with Crippen molar-refractivity contribution in [2.45, 2.75) is 27.4 Å². The minimum atomic E-state index is -0.292. The van der Waals surface area contributed by atoms with Gasteiger partial charge >= 0.3 is 5.69 Å². The number of tetrazole rings is 1. The van der Waals surface area contributed by atoms with Crippen LogP contribution < -0.4 is 10.4 Å². The molecule has 1 aromatic heterocycles. The number of hydrogen-bond acceptors (Lipinski definition) is 4. The van der Waals surface area contributed by atoms with Crippen molar-refractivity contribution < 1.29 is 4.74 Å². The molecule has 0 bridgehead atoms. The van der Waals surface area contributed by atoms with Crippen LogP contribution in [0.2, 0.25) is 0 Å². The average molecular weight is 400 g/mol. The van der Waals surface area contributed by atoms with Crippen molar-refractivity contribution in [3.63, 3.8) is 0 Å². The summed E-state index contributed by atoms with van der Waals surface area (Å²) in [5, 5.41) is 7.81. The van der Waals surface area contributed by atoms with Gasteiger partial charge in [0.1, 0.15) is 12.4 Å². The van der Waals surface area contributed by atoms with Crippen LogP contribution in [0, 0.1) is 20.8 Å². The molecule has 4 aromatic rings. The summed E-state index contributed by atoms with van der Waals surface area (Å²) in [6.07, 6.45) is 0. The summed E-state index contributed by atoms with van der Waals surface area (Å²) in [5.41, 5.74) is 6.85. The summed E-state index contributed by atoms with van der Waals surface area (Å²) in [6, 6.07) is 20.4. The molecule has 0 amide bonds. The van der Waals surface area contributed by atoms with Crippen LogP contribution in [-0.4, -0.2) is 19.8 Å². The second-order valence-corrected chi connectivity index (χ2v) is 7.50. The summed E-state index contributed by atoms with van der Waals surface area (Å²) >= 11 is 0. The summed E-state index contributed by atoms with van der Waals surface area (Å²) in [7, 11) is 1.58. The zero-order valence-corrected chi connectivity index (χ0v) is 17.6. The maximum Gasteiger partial charge on any atom is 0.368 e. The molecular weight excluding hydrogens is 376 g/mol. The fourth-order valence-electron chi connectivity index (χ4n) is 3.37. The maximum atomic E-state index is 12.3. The predicted octanol–water partition coefficient (Wildman–Crippen LogP) is 4.14. The van der Waals surface area contributed by atoms with Gasteiger partial charge in [-0.05, 0) is 65.6 Å². The topological polar surface area (TPSA) is 61.9 Å². The molecule has 0 aliphatic carbocycles. The highest BCUT2D eigenvalue weighted by molar-refractivity contribution is 5.66. The van der Waals surface area contributed by atoms with Crippen molar-refractivity contribution in [1.29, 1.82) is 0 Å². The lowest BCUT2D eigenvalue weighted by atomic mass is 10.0. The van der Waals surface area contributed by atoms with Crippen LogP contribution in [0.1, 0.15) is 22.3 Å². The molecule has 0 saturated heterocycles. The van der Waals surface area contributed by atoms with Crippen LogP contribution in [0.4, 0.5) is 0 Å². The van der Waals surface area contributed by atoms with Crippen molar-refractivity contribution in [3.05, 3.63) is 93.4 Å². The summed E-state index contributed by atoms with van der Waals surface area (Å²) < 4.78 is 8.75. The normalized spacial score (nSPS) is 10.9. The molecule has 0 unspecified atom stereocenters. The first-order chi connectivity index (χ1) is 14.4. The Balaban J connectivity index is 1.66. The van der Waals surface area contributed by atoms with E-state index in [0.29, 0.717) is 12.3 Å². The molecule has 152 valence electrons. The molecular formula is C24H24N4O2. The third kappa shape index (κ3) is 3.76. The average Bonchev–Trinajstić information content (AvgIpc) is 3.07. The molecule has 30 heavy (non-hydrogen) atoms. The van der Waals surface area contributed by atoms with Gasteiger partial charge in [0.2, 0.25) is 0 Å². The van der Waals surface area contributed by atoms with Crippen LogP contribution >= 0.6 is 0 Å². The van der Waals surface area contributed by atoms with E-state index in [1.54, 1.807) is 7.05 Å². The number of rotatable bonds is 5. The lowest BCUT2D eigenvalue weighted by molar-refractivity contribution is 0.303. The van der Waals surface area contributed by atoms with Crippen molar-refractivity contribution in [1.82, 2.24) is 19.8 Å². The van der Waals surface area contributed by atoms with Crippen molar-refractivity contribution in [2.24, 2.45) is 7.05 Å². The van der Waals surface area contributed by atoms with E-state index < -0.39 is 0 Å². The first kappa shape index (κ1) is 19.6. The molecule has 0 aliphatic heterocycles. The monoisotopic (exact) mass is 400 g/mol. The molecule has 0 atom stereocenters. The van der Waals surface area contributed by atoms with Gasteiger partial charge in [-0.1, -0.05) is 54.1 Å². The maximum absolute atomic E-state index is 12.3. The van der Waals surface area contributed by atoms with Crippen LogP contribution in [0.5, 0.6) is 5.75 Å². The Morgan fingerprint density at radius 1 is 0.867 bits per heavy atom. The number of nitrogens with zero attached hydrogens (tertiary/aromatic N) is 4. The fraction of sp³-hybridized carbons (Fsp3) is 0.208. The van der Waals surface area contributed by atoms with Crippen molar-refractivity contribution in [3.8, 4) is 22.6 Å². The van der Waals surface area contributed by atoms with E-state index in [2.05, 4.69) is 59.8 Å². The third-order valence-corrected chi connectivity index (χ3v) is 5.28. The SMILES string of the molecule is Cc1ccc(-c2ccc(C)c(OCc3c(C)cccc3-n3nnn(C)c3=O)c2)cc1. The van der Waals surface area contributed by atoms with Crippen LogP contribution in [0.15, 0.2) is 65.5 Å². The third-order valence-electron chi connectivity index (χ3n) is 5.28. The molecule has 0 spiro atoms. The Bertz CT molecular complexity index is 1250. The quantitative estimate of drug-likeness (QED) is 0.505. The van der Waals surface area contributed by atoms with E-state index >= 15 is 0 Å². The zero-order chi connectivity index (χ0) is 21.3. The van der Waals surface area contributed by atoms with Gasteiger partial charge in [0, 0.05) is 12.6 Å². The zero-order valence-electron chi connectivity index (χ0n) is 17.6. The summed E-state index contributed by atoms with van der Waals surface area (Å²) in [6.45, 7) is 6.43. The molecule has 0 aliphatic rings. The lowest BCUT2D eigenvalue weighted by Gasteiger charge is -2.15. The van der Waals surface area contributed by atoms with Crippen LogP contribution in [0.25, 0.3) is 16.8 Å². The van der Waals surface area contributed by atoms with Gasteiger partial charge in [-0.25, -0.2) is 4.79 Å². The van der Waals surface area contributed by atoms with Gasteiger partial charge < -0.3 is 4.74 Å². The Hall–Kier alpha value is -3.67. The molecule has 0 N–H and O–H groups in total. The number of benzene rings is 3. The van der Waals surface area contributed by atoms with E-state index in [1.807, 2.05) is 32.0 Å². The van der Waals surface area contributed by atoms with E-state index in [0.717, 1.165) is 33.6 Å². The second kappa shape index (κ2) is 7.99. The second-order valence-electron chi connectivity index (χ2n) is 7.50. The van der Waals surface area contributed by atoms with E-state index in [1.165, 1.54) is 14.9 Å². The Kier molecular flexibility index (Phi) is 5.23. The minimum Gasteiger partial charge on any atom is -0.489 e. The molecule has 0 radical (unpaired) electrons. The highest BCUT2D eigenvalue weighted by Gasteiger charge is 2.14. The van der Waals surface area contributed by atoms with Crippen molar-refractivity contribution >= 4 is 0 Å². The van der Waals surface area contributed by atoms with E-state index in [9.17, 15) is 4.79 Å². The highest BCUT2D eigenvalue weighted by Crippen LogP contribution is 2.29. The van der Waals surface area contributed by atoms with Gasteiger partial charge in [-0.2, -0.15) is 9.36 Å². The minimum absolute atomic E-state index is 0.292. The first-order valence-electron chi connectivity index (χ1n) is 9.82. The van der Waals surface area contributed by atoms with Gasteiger partial charge in [-0.15, -0.1) is 0 Å². The van der Waals surface area contributed by atoms with Gasteiger partial charge in [-0.3, -0.25) is 0 Å². The van der Waals surface area contributed by atoms with E-state index in [-0.39, 0.29) is 5.69 Å². The number of hydrogen-bond donors (Lipinski definition) is 0. The summed E-state index contributed by atoms with van der Waals surface area (Å²) in [5.74, 6) is 0.814. The standard InChI is InChI=1S/C24H24N4O2/c1-16-8-11-19(12-9-16)20-13-10-18(3)23(14-20)30-15-21-17(2)6-5-7-22(21)28-24(29)27(4)25-26-28/h5-14H,15H2,1-4H3. The lowest BCUT2D eigenvalue weighted by Crippen LogP contribution is -2.23. The Morgan fingerprint density at radius 3 is 2.30 bits per heavy atom. The number of aryl methyl sites for hydroxylation is 4. The molecule has 0 saturated carbocycles. The number of ether oxygens (including phenoxy) is 1. The molecule has 0 fully saturated rings. The van der Waals surface area contributed by atoms with Gasteiger partial charge in [0.25, 0.3) is 0 Å². The molecule has 6 nitrogen and oxygen atoms in total. The van der Waals surface area contributed by atoms with Crippen molar-refractivity contribution in [2.75, 3.05) is 0 Å². The van der Waals surface area contributed by atoms with E-state index in [4.69, 9.17) is 4.74 Å². The molecule has 4 rings (SSSR count). The van der Waals surface area contributed by atoms with Crippen LogP contribution in [-0.2, 0) is 13.7 Å². The predicted molar refractivity (Wildman–Crippen MR) is 117 cm³/mol. The molecule has 1 heterocycles. The summed E-state index contributed by atoms with van der Waals surface area (Å²) in [4.78, 5) is 12.3. The molecule has 3 aromatic carbocycles. The molecule has 6 heteroatoms. The largest absolute Gasteiger partial charge is 0.489 e. The highest BCUT2D eigenvalue weighted by atomic mass is 16.5. The Morgan fingerprint density at radius 2 is 1.60 bits per heavy atom.